The molecule has 1 aromatic rings. The number of aliphatic hydroxyl groups excluding tert-OH is 1. The minimum absolute atomic E-state index is 0.183. The fraction of sp³-hybridized carbons (Fsp3) is 0.500. The van der Waals surface area contributed by atoms with Crippen molar-refractivity contribution in [1.82, 2.24) is 0 Å². The van der Waals surface area contributed by atoms with E-state index in [1.54, 1.807) is 6.92 Å². The minimum atomic E-state index is -4.42. The van der Waals surface area contributed by atoms with Crippen molar-refractivity contribution in [3.8, 4) is 0 Å². The van der Waals surface area contributed by atoms with Crippen LogP contribution in [0, 0.1) is 5.82 Å². The van der Waals surface area contributed by atoms with Crippen molar-refractivity contribution < 1.29 is 22.7 Å². The maximum absolute atomic E-state index is 13.1. The smallest absolute Gasteiger partial charge is 0.395 e. The van der Waals surface area contributed by atoms with Gasteiger partial charge in [0.1, 0.15) is 12.4 Å². The van der Waals surface area contributed by atoms with Gasteiger partial charge in [0.2, 0.25) is 0 Å². The van der Waals surface area contributed by atoms with Crippen LogP contribution in [0.3, 0.4) is 0 Å². The maximum atomic E-state index is 13.1. The highest BCUT2D eigenvalue weighted by atomic mass is 19.4. The summed E-state index contributed by atoms with van der Waals surface area (Å²) in [7, 11) is 0. The number of anilines is 1. The normalized spacial score (nSPS) is 13.4. The summed E-state index contributed by atoms with van der Waals surface area (Å²) in [6, 6.07) is 2.82. The Labute approximate surface area is 108 Å². The molecule has 0 saturated heterocycles. The molecule has 19 heavy (non-hydrogen) atoms. The van der Waals surface area contributed by atoms with Crippen molar-refractivity contribution in [3.63, 3.8) is 0 Å². The van der Waals surface area contributed by atoms with Gasteiger partial charge < -0.3 is 15.7 Å². The first-order valence-electron chi connectivity index (χ1n) is 5.72. The number of alkyl halides is 3. The van der Waals surface area contributed by atoms with Gasteiger partial charge in [-0.1, -0.05) is 0 Å². The lowest BCUT2D eigenvalue weighted by Gasteiger charge is -2.28. The molecular weight excluding hydrogens is 264 g/mol. The molecule has 3 N–H and O–H groups in total. The van der Waals surface area contributed by atoms with Gasteiger partial charge in [0.15, 0.2) is 0 Å². The third kappa shape index (κ3) is 4.68. The Morgan fingerprint density at radius 3 is 2.47 bits per heavy atom. The molecule has 7 heteroatoms. The highest BCUT2D eigenvalue weighted by Gasteiger charge is 2.31. The van der Waals surface area contributed by atoms with E-state index in [0.29, 0.717) is 0 Å². The molecule has 0 amide bonds. The SMILES string of the molecule is CC(N)c1cc(F)ccc1N(CCO)CC(F)(F)F. The number of hydrogen-bond donors (Lipinski definition) is 2. The lowest BCUT2D eigenvalue weighted by Crippen LogP contribution is -2.37. The highest BCUT2D eigenvalue weighted by molar-refractivity contribution is 5.55. The maximum Gasteiger partial charge on any atom is 0.405 e. The molecule has 1 atom stereocenters. The Hall–Kier alpha value is -1.34. The Kier molecular flexibility index (Phi) is 5.13. The molecule has 0 spiro atoms. The molecule has 1 rings (SSSR count). The zero-order valence-corrected chi connectivity index (χ0v) is 10.4. The van der Waals surface area contributed by atoms with E-state index in [1.165, 1.54) is 6.07 Å². The second-order valence-corrected chi connectivity index (χ2v) is 4.25. The van der Waals surface area contributed by atoms with E-state index in [1.807, 2.05) is 0 Å². The number of rotatable bonds is 5. The van der Waals surface area contributed by atoms with Gasteiger partial charge in [0.25, 0.3) is 0 Å². The first-order chi connectivity index (χ1) is 8.74. The Bertz CT molecular complexity index is 421. The molecule has 0 saturated carbocycles. The Morgan fingerprint density at radius 1 is 1.37 bits per heavy atom. The van der Waals surface area contributed by atoms with Gasteiger partial charge in [-0.05, 0) is 30.7 Å². The van der Waals surface area contributed by atoms with Crippen LogP contribution in [0.25, 0.3) is 0 Å². The molecule has 0 heterocycles. The molecule has 0 aromatic heterocycles. The van der Waals surface area contributed by atoms with Crippen molar-refractivity contribution >= 4 is 5.69 Å². The minimum Gasteiger partial charge on any atom is -0.395 e. The topological polar surface area (TPSA) is 49.5 Å². The molecule has 3 nitrogen and oxygen atoms in total. The molecule has 1 unspecified atom stereocenters. The molecule has 0 aliphatic carbocycles. The Morgan fingerprint density at radius 2 is 2.00 bits per heavy atom. The zero-order chi connectivity index (χ0) is 14.6. The van der Waals surface area contributed by atoms with Crippen molar-refractivity contribution in [2.24, 2.45) is 5.73 Å². The number of benzene rings is 1. The fourth-order valence-electron chi connectivity index (χ4n) is 1.80. The van der Waals surface area contributed by atoms with E-state index < -0.39 is 31.2 Å². The summed E-state index contributed by atoms with van der Waals surface area (Å²) in [6.45, 7) is -0.307. The van der Waals surface area contributed by atoms with Crippen molar-refractivity contribution in [1.29, 1.82) is 0 Å². The lowest BCUT2D eigenvalue weighted by molar-refractivity contribution is -0.119. The highest BCUT2D eigenvalue weighted by Crippen LogP contribution is 2.29. The Balaban J connectivity index is 3.14. The summed E-state index contributed by atoms with van der Waals surface area (Å²) in [5.74, 6) is -0.563. The van der Waals surface area contributed by atoms with Crippen LogP contribution < -0.4 is 10.6 Å². The first kappa shape index (κ1) is 15.7. The summed E-state index contributed by atoms with van der Waals surface area (Å²) in [5, 5.41) is 8.86. The van der Waals surface area contributed by atoms with Crippen molar-refractivity contribution in [3.05, 3.63) is 29.6 Å². The van der Waals surface area contributed by atoms with Crippen LogP contribution in [0.2, 0.25) is 0 Å². The first-order valence-corrected chi connectivity index (χ1v) is 5.72. The molecule has 0 aliphatic heterocycles. The van der Waals surface area contributed by atoms with E-state index >= 15 is 0 Å². The van der Waals surface area contributed by atoms with Crippen molar-refractivity contribution in [2.75, 3.05) is 24.6 Å². The quantitative estimate of drug-likeness (QED) is 0.813. The van der Waals surface area contributed by atoms with Gasteiger partial charge in [-0.2, -0.15) is 13.2 Å². The van der Waals surface area contributed by atoms with Gasteiger partial charge in [0, 0.05) is 18.3 Å². The predicted molar refractivity (Wildman–Crippen MR) is 64.4 cm³/mol. The van der Waals surface area contributed by atoms with Crippen LogP contribution in [0.15, 0.2) is 18.2 Å². The number of halogens is 4. The number of hydrogen-bond acceptors (Lipinski definition) is 3. The molecule has 0 radical (unpaired) electrons. The monoisotopic (exact) mass is 280 g/mol. The van der Waals surface area contributed by atoms with Crippen LogP contribution in [0.1, 0.15) is 18.5 Å². The van der Waals surface area contributed by atoms with Gasteiger partial charge in [0.05, 0.1) is 6.61 Å². The number of nitrogens with zero attached hydrogens (tertiary/aromatic N) is 1. The van der Waals surface area contributed by atoms with Gasteiger partial charge in [-0.3, -0.25) is 0 Å². The zero-order valence-electron chi connectivity index (χ0n) is 10.4. The standard InChI is InChI=1S/C12H16F4N2O/c1-8(17)10-6-9(13)2-3-11(10)18(4-5-19)7-12(14,15)16/h2-3,6,8,19H,4-5,7,17H2,1H3. The molecule has 1 aromatic carbocycles. The average Bonchev–Trinajstić information content (AvgIpc) is 2.26. The second kappa shape index (κ2) is 6.21. The predicted octanol–water partition coefficient (Wildman–Crippen LogP) is 2.21. The van der Waals surface area contributed by atoms with Crippen LogP contribution in [-0.2, 0) is 0 Å². The summed E-state index contributed by atoms with van der Waals surface area (Å²) < 4.78 is 50.6. The number of aliphatic hydroxyl groups is 1. The van der Waals surface area contributed by atoms with E-state index in [4.69, 9.17) is 10.8 Å². The van der Waals surface area contributed by atoms with Gasteiger partial charge in [-0.25, -0.2) is 4.39 Å². The summed E-state index contributed by atoms with van der Waals surface area (Å²) in [4.78, 5) is 0.943. The van der Waals surface area contributed by atoms with Crippen LogP contribution in [0.4, 0.5) is 23.2 Å². The largest absolute Gasteiger partial charge is 0.405 e. The van der Waals surface area contributed by atoms with Gasteiger partial charge >= 0.3 is 6.18 Å². The van der Waals surface area contributed by atoms with E-state index in [9.17, 15) is 17.6 Å². The summed E-state index contributed by atoms with van der Waals surface area (Å²) in [5.41, 5.74) is 6.10. The van der Waals surface area contributed by atoms with Crippen LogP contribution in [0.5, 0.6) is 0 Å². The number of nitrogens with two attached hydrogens (primary N) is 1. The lowest BCUT2D eigenvalue weighted by atomic mass is 10.1. The molecule has 0 bridgehead atoms. The van der Waals surface area contributed by atoms with Crippen LogP contribution >= 0.6 is 0 Å². The molecule has 108 valence electrons. The van der Waals surface area contributed by atoms with Crippen LogP contribution in [-0.4, -0.2) is 31.0 Å². The third-order valence-corrected chi connectivity index (χ3v) is 2.56. The van der Waals surface area contributed by atoms with E-state index in [2.05, 4.69) is 0 Å². The van der Waals surface area contributed by atoms with Crippen molar-refractivity contribution in [2.45, 2.75) is 19.1 Å². The molecule has 0 aliphatic rings. The van der Waals surface area contributed by atoms with E-state index in [-0.39, 0.29) is 17.8 Å². The molecule has 0 fully saturated rings. The van der Waals surface area contributed by atoms with Gasteiger partial charge in [-0.15, -0.1) is 0 Å². The average molecular weight is 280 g/mol. The summed E-state index contributed by atoms with van der Waals surface area (Å²) >= 11 is 0. The molecular formula is C12H16F4N2O. The summed E-state index contributed by atoms with van der Waals surface area (Å²) in [6.07, 6.45) is -4.42. The second-order valence-electron chi connectivity index (χ2n) is 4.25. The van der Waals surface area contributed by atoms with E-state index in [0.717, 1.165) is 17.0 Å². The third-order valence-electron chi connectivity index (χ3n) is 2.56. The fourth-order valence-corrected chi connectivity index (χ4v) is 1.80.